The summed E-state index contributed by atoms with van der Waals surface area (Å²) >= 11 is 0. The quantitative estimate of drug-likeness (QED) is 0.761. The van der Waals surface area contributed by atoms with Crippen LogP contribution in [0.3, 0.4) is 0 Å². The molecule has 1 aromatic rings. The predicted molar refractivity (Wildman–Crippen MR) is 71.4 cm³/mol. The first kappa shape index (κ1) is 15.1. The molecule has 0 fully saturated rings. The fraction of sp³-hybridized carbons (Fsp3) is 0.500. The smallest absolute Gasteiger partial charge is 0.215 e. The lowest BCUT2D eigenvalue weighted by molar-refractivity contribution is 0.122. The monoisotopic (exact) mass is 272 g/mol. The van der Waals surface area contributed by atoms with Crippen LogP contribution in [0.2, 0.25) is 0 Å². The summed E-state index contributed by atoms with van der Waals surface area (Å²) in [6.45, 7) is 2.40. The van der Waals surface area contributed by atoms with E-state index in [4.69, 9.17) is 10.5 Å². The van der Waals surface area contributed by atoms with E-state index in [0.717, 1.165) is 11.1 Å². The SMILES string of the molecule is COC(C)CNS(=O)(=O)Cc1ccccc1CN. The summed E-state index contributed by atoms with van der Waals surface area (Å²) in [5.41, 5.74) is 7.16. The van der Waals surface area contributed by atoms with Gasteiger partial charge in [-0.3, -0.25) is 0 Å². The van der Waals surface area contributed by atoms with Gasteiger partial charge < -0.3 is 10.5 Å². The molecule has 0 saturated carbocycles. The average Bonchev–Trinajstić information content (AvgIpc) is 2.36. The lowest BCUT2D eigenvalue weighted by atomic mass is 10.1. The molecule has 1 aromatic carbocycles. The van der Waals surface area contributed by atoms with E-state index < -0.39 is 10.0 Å². The minimum Gasteiger partial charge on any atom is -0.380 e. The zero-order valence-electron chi connectivity index (χ0n) is 10.7. The minimum absolute atomic E-state index is 0.0587. The van der Waals surface area contributed by atoms with E-state index >= 15 is 0 Å². The summed E-state index contributed by atoms with van der Waals surface area (Å²) in [6.07, 6.45) is -0.149. The third-order valence-corrected chi connectivity index (χ3v) is 3.97. The fourth-order valence-corrected chi connectivity index (χ4v) is 2.76. The van der Waals surface area contributed by atoms with Crippen LogP contribution in [-0.2, 0) is 27.1 Å². The Bertz CT molecular complexity index is 474. The third kappa shape index (κ3) is 4.73. The summed E-state index contributed by atoms with van der Waals surface area (Å²) in [6, 6.07) is 7.27. The molecule has 0 aliphatic carbocycles. The van der Waals surface area contributed by atoms with Gasteiger partial charge in [-0.2, -0.15) is 0 Å². The Morgan fingerprint density at radius 3 is 2.50 bits per heavy atom. The Kier molecular flexibility index (Phi) is 5.74. The van der Waals surface area contributed by atoms with Gasteiger partial charge >= 0.3 is 0 Å². The van der Waals surface area contributed by atoms with Gasteiger partial charge in [-0.05, 0) is 18.1 Å². The van der Waals surface area contributed by atoms with Gasteiger partial charge in [-0.1, -0.05) is 24.3 Å². The Morgan fingerprint density at radius 1 is 1.33 bits per heavy atom. The van der Waals surface area contributed by atoms with Crippen molar-refractivity contribution in [3.8, 4) is 0 Å². The highest BCUT2D eigenvalue weighted by Crippen LogP contribution is 2.11. The molecule has 0 bridgehead atoms. The van der Waals surface area contributed by atoms with Gasteiger partial charge in [0, 0.05) is 20.2 Å². The van der Waals surface area contributed by atoms with Crippen LogP contribution in [0.5, 0.6) is 0 Å². The predicted octanol–water partition coefficient (Wildman–Crippen LogP) is 0.600. The van der Waals surface area contributed by atoms with Crippen molar-refractivity contribution in [3.05, 3.63) is 35.4 Å². The van der Waals surface area contributed by atoms with Crippen LogP contribution in [-0.4, -0.2) is 28.2 Å². The largest absolute Gasteiger partial charge is 0.380 e. The van der Waals surface area contributed by atoms with E-state index in [1.165, 1.54) is 0 Å². The van der Waals surface area contributed by atoms with Crippen LogP contribution in [0.1, 0.15) is 18.1 Å². The van der Waals surface area contributed by atoms with E-state index in [-0.39, 0.29) is 18.4 Å². The lowest BCUT2D eigenvalue weighted by Crippen LogP contribution is -2.32. The number of methoxy groups -OCH3 is 1. The van der Waals surface area contributed by atoms with Crippen molar-refractivity contribution in [2.45, 2.75) is 25.3 Å². The van der Waals surface area contributed by atoms with Gasteiger partial charge in [0.05, 0.1) is 11.9 Å². The maximum absolute atomic E-state index is 11.9. The second kappa shape index (κ2) is 6.84. The number of hydrogen-bond acceptors (Lipinski definition) is 4. The first-order chi connectivity index (χ1) is 8.48. The van der Waals surface area contributed by atoms with Crippen molar-refractivity contribution in [2.75, 3.05) is 13.7 Å². The average molecular weight is 272 g/mol. The molecule has 1 atom stereocenters. The molecule has 0 saturated heterocycles. The van der Waals surface area contributed by atoms with Crippen molar-refractivity contribution in [1.82, 2.24) is 4.72 Å². The fourth-order valence-electron chi connectivity index (χ4n) is 1.48. The van der Waals surface area contributed by atoms with Crippen molar-refractivity contribution >= 4 is 10.0 Å². The van der Waals surface area contributed by atoms with Crippen molar-refractivity contribution in [2.24, 2.45) is 5.73 Å². The molecule has 6 heteroatoms. The van der Waals surface area contributed by atoms with Gasteiger partial charge in [0.2, 0.25) is 10.0 Å². The Balaban J connectivity index is 2.70. The topological polar surface area (TPSA) is 81.4 Å². The molecule has 0 aromatic heterocycles. The molecular weight excluding hydrogens is 252 g/mol. The van der Waals surface area contributed by atoms with E-state index in [1.54, 1.807) is 20.1 Å². The summed E-state index contributed by atoms with van der Waals surface area (Å²) in [7, 11) is -1.81. The van der Waals surface area contributed by atoms with Gasteiger partial charge in [0.15, 0.2) is 0 Å². The minimum atomic E-state index is -3.36. The normalized spacial score (nSPS) is 13.5. The molecule has 0 aliphatic heterocycles. The highest BCUT2D eigenvalue weighted by molar-refractivity contribution is 7.88. The second-order valence-corrected chi connectivity index (χ2v) is 5.93. The zero-order valence-corrected chi connectivity index (χ0v) is 11.5. The molecule has 0 spiro atoms. The first-order valence-electron chi connectivity index (χ1n) is 5.75. The maximum atomic E-state index is 11.9. The summed E-state index contributed by atoms with van der Waals surface area (Å²) < 4.78 is 31.3. The molecule has 0 heterocycles. The third-order valence-electron chi connectivity index (χ3n) is 2.68. The number of benzene rings is 1. The molecule has 0 aliphatic rings. The highest BCUT2D eigenvalue weighted by Gasteiger charge is 2.14. The molecular formula is C12H20N2O3S. The van der Waals surface area contributed by atoms with E-state index in [1.807, 2.05) is 18.2 Å². The number of rotatable bonds is 7. The molecule has 5 nitrogen and oxygen atoms in total. The number of ether oxygens (including phenoxy) is 1. The Hall–Kier alpha value is -0.950. The van der Waals surface area contributed by atoms with Crippen LogP contribution in [0.15, 0.2) is 24.3 Å². The summed E-state index contributed by atoms with van der Waals surface area (Å²) in [5.74, 6) is -0.0587. The van der Waals surface area contributed by atoms with E-state index in [2.05, 4.69) is 4.72 Å². The van der Waals surface area contributed by atoms with Crippen molar-refractivity contribution in [1.29, 1.82) is 0 Å². The summed E-state index contributed by atoms with van der Waals surface area (Å²) in [5, 5.41) is 0. The van der Waals surface area contributed by atoms with Crippen LogP contribution in [0.4, 0.5) is 0 Å². The molecule has 102 valence electrons. The standard InChI is InChI=1S/C12H20N2O3S/c1-10(17-2)8-14-18(15,16)9-12-6-4-3-5-11(12)7-13/h3-6,10,14H,7-9,13H2,1-2H3. The first-order valence-corrected chi connectivity index (χ1v) is 7.40. The molecule has 1 unspecified atom stereocenters. The van der Waals surface area contributed by atoms with Crippen LogP contribution >= 0.6 is 0 Å². The number of nitrogens with two attached hydrogens (primary N) is 1. The van der Waals surface area contributed by atoms with Crippen molar-refractivity contribution in [3.63, 3.8) is 0 Å². The van der Waals surface area contributed by atoms with Crippen LogP contribution in [0.25, 0.3) is 0 Å². The number of nitrogens with one attached hydrogen (secondary N) is 1. The number of sulfonamides is 1. The molecule has 0 amide bonds. The lowest BCUT2D eigenvalue weighted by Gasteiger charge is -2.12. The van der Waals surface area contributed by atoms with Gasteiger partial charge in [0.1, 0.15) is 0 Å². The molecule has 3 N–H and O–H groups in total. The van der Waals surface area contributed by atoms with Gasteiger partial charge in [-0.25, -0.2) is 13.1 Å². The number of hydrogen-bond donors (Lipinski definition) is 2. The molecule has 1 rings (SSSR count). The Labute approximate surface area is 108 Å². The van der Waals surface area contributed by atoms with Crippen molar-refractivity contribution < 1.29 is 13.2 Å². The maximum Gasteiger partial charge on any atom is 0.215 e. The highest BCUT2D eigenvalue weighted by atomic mass is 32.2. The summed E-state index contributed by atoms with van der Waals surface area (Å²) in [4.78, 5) is 0. The molecule has 18 heavy (non-hydrogen) atoms. The zero-order chi connectivity index (χ0) is 13.6. The van der Waals surface area contributed by atoms with Gasteiger partial charge in [-0.15, -0.1) is 0 Å². The van der Waals surface area contributed by atoms with E-state index in [9.17, 15) is 8.42 Å². The van der Waals surface area contributed by atoms with E-state index in [0.29, 0.717) is 6.54 Å². The van der Waals surface area contributed by atoms with Crippen LogP contribution < -0.4 is 10.5 Å². The molecule has 0 radical (unpaired) electrons. The van der Waals surface area contributed by atoms with Crippen LogP contribution in [0, 0.1) is 0 Å². The Morgan fingerprint density at radius 2 is 1.94 bits per heavy atom. The second-order valence-electron chi connectivity index (χ2n) is 4.13. The van der Waals surface area contributed by atoms with Gasteiger partial charge in [0.25, 0.3) is 0 Å².